The number of carbonyl (C=O) groups is 2. The summed E-state index contributed by atoms with van der Waals surface area (Å²) in [7, 11) is 1.56. The van der Waals surface area contributed by atoms with Gasteiger partial charge in [-0.05, 0) is 34.6 Å². The first-order valence-corrected chi connectivity index (χ1v) is 6.40. The average molecular weight is 273 g/mol. The standard InChI is InChI=1S/C13H27N3O3/c1-9(10(17)15-7-8-19-6)16-11(18)12(2,3)13(4,5)14/h9H,7-8,14H2,1-6H3,(H,15,17)(H,16,18). The summed E-state index contributed by atoms with van der Waals surface area (Å²) < 4.78 is 4.83. The first kappa shape index (κ1) is 17.9. The van der Waals surface area contributed by atoms with Crippen molar-refractivity contribution < 1.29 is 14.3 Å². The van der Waals surface area contributed by atoms with E-state index in [0.29, 0.717) is 13.2 Å². The minimum Gasteiger partial charge on any atom is -0.383 e. The highest BCUT2D eigenvalue weighted by Gasteiger charge is 2.41. The topological polar surface area (TPSA) is 93.5 Å². The van der Waals surface area contributed by atoms with Crippen molar-refractivity contribution in [2.45, 2.75) is 46.2 Å². The van der Waals surface area contributed by atoms with E-state index in [1.165, 1.54) is 0 Å². The van der Waals surface area contributed by atoms with Crippen molar-refractivity contribution in [1.82, 2.24) is 10.6 Å². The Morgan fingerprint density at radius 1 is 1.26 bits per heavy atom. The molecule has 0 fully saturated rings. The number of methoxy groups -OCH3 is 1. The maximum Gasteiger partial charge on any atom is 0.242 e. The van der Waals surface area contributed by atoms with Crippen LogP contribution in [-0.2, 0) is 14.3 Å². The molecule has 0 rings (SSSR count). The highest BCUT2D eigenvalue weighted by atomic mass is 16.5. The molecule has 0 radical (unpaired) electrons. The molecule has 0 aliphatic heterocycles. The molecule has 0 spiro atoms. The number of hydrogen-bond acceptors (Lipinski definition) is 4. The van der Waals surface area contributed by atoms with Crippen LogP contribution in [-0.4, -0.2) is 43.7 Å². The smallest absolute Gasteiger partial charge is 0.242 e. The highest BCUT2D eigenvalue weighted by Crippen LogP contribution is 2.28. The molecule has 0 aliphatic rings. The highest BCUT2D eigenvalue weighted by molar-refractivity contribution is 5.90. The van der Waals surface area contributed by atoms with E-state index in [9.17, 15) is 9.59 Å². The van der Waals surface area contributed by atoms with Gasteiger partial charge in [0, 0.05) is 19.2 Å². The predicted octanol–water partition coefficient (Wildman–Crippen LogP) is 0.0172. The molecule has 2 amide bonds. The summed E-state index contributed by atoms with van der Waals surface area (Å²) in [5.41, 5.74) is 4.54. The van der Waals surface area contributed by atoms with Gasteiger partial charge in [0.25, 0.3) is 0 Å². The van der Waals surface area contributed by atoms with E-state index in [4.69, 9.17) is 10.5 Å². The number of rotatable bonds is 7. The third kappa shape index (κ3) is 5.16. The fraction of sp³-hybridized carbons (Fsp3) is 0.846. The summed E-state index contributed by atoms with van der Waals surface area (Å²) in [6.07, 6.45) is 0. The van der Waals surface area contributed by atoms with Gasteiger partial charge in [-0.2, -0.15) is 0 Å². The molecule has 1 unspecified atom stereocenters. The van der Waals surface area contributed by atoms with Crippen molar-refractivity contribution in [1.29, 1.82) is 0 Å². The van der Waals surface area contributed by atoms with Gasteiger partial charge in [0.1, 0.15) is 6.04 Å². The first-order chi connectivity index (χ1) is 8.54. The SMILES string of the molecule is COCCNC(=O)C(C)NC(=O)C(C)(C)C(C)(C)N. The molecule has 6 heteroatoms. The number of nitrogens with one attached hydrogen (secondary N) is 2. The van der Waals surface area contributed by atoms with Crippen molar-refractivity contribution in [3.8, 4) is 0 Å². The Balaban J connectivity index is 4.44. The molecule has 0 heterocycles. The van der Waals surface area contributed by atoms with E-state index in [1.807, 2.05) is 0 Å². The van der Waals surface area contributed by atoms with Gasteiger partial charge in [-0.3, -0.25) is 9.59 Å². The van der Waals surface area contributed by atoms with Crippen LogP contribution < -0.4 is 16.4 Å². The van der Waals surface area contributed by atoms with E-state index < -0.39 is 17.0 Å². The molecule has 0 aromatic heterocycles. The Labute approximate surface area is 115 Å². The summed E-state index contributed by atoms with van der Waals surface area (Å²) in [6, 6.07) is -0.606. The number of nitrogens with two attached hydrogens (primary N) is 1. The van der Waals surface area contributed by atoms with E-state index in [-0.39, 0.29) is 11.8 Å². The zero-order valence-corrected chi connectivity index (χ0v) is 12.8. The normalized spacial score (nSPS) is 13.8. The van der Waals surface area contributed by atoms with Gasteiger partial charge in [-0.1, -0.05) is 0 Å². The molecule has 112 valence electrons. The van der Waals surface area contributed by atoms with Crippen LogP contribution in [0.4, 0.5) is 0 Å². The molecule has 0 saturated carbocycles. The fourth-order valence-corrected chi connectivity index (χ4v) is 1.16. The second kappa shape index (κ2) is 6.86. The molecule has 0 aromatic carbocycles. The van der Waals surface area contributed by atoms with Crippen molar-refractivity contribution in [3.05, 3.63) is 0 Å². The molecule has 1 atom stereocenters. The maximum absolute atomic E-state index is 12.2. The lowest BCUT2D eigenvalue weighted by atomic mass is 9.74. The van der Waals surface area contributed by atoms with Crippen molar-refractivity contribution >= 4 is 11.8 Å². The van der Waals surface area contributed by atoms with E-state index in [0.717, 1.165) is 0 Å². The zero-order valence-electron chi connectivity index (χ0n) is 12.8. The number of amides is 2. The van der Waals surface area contributed by atoms with Crippen molar-refractivity contribution in [2.24, 2.45) is 11.1 Å². The second-order valence-electron chi connectivity index (χ2n) is 5.83. The minimum atomic E-state index is -0.770. The van der Waals surface area contributed by atoms with E-state index >= 15 is 0 Å². The predicted molar refractivity (Wildman–Crippen MR) is 74.5 cm³/mol. The number of carbonyl (C=O) groups excluding carboxylic acids is 2. The van der Waals surface area contributed by atoms with Crippen molar-refractivity contribution in [2.75, 3.05) is 20.3 Å². The quantitative estimate of drug-likeness (QED) is 0.570. The Morgan fingerprint density at radius 2 is 1.79 bits per heavy atom. The van der Waals surface area contributed by atoms with Gasteiger partial charge in [0.2, 0.25) is 11.8 Å². The average Bonchev–Trinajstić information content (AvgIpc) is 2.27. The van der Waals surface area contributed by atoms with Crippen LogP contribution in [0.25, 0.3) is 0 Å². The molecule has 19 heavy (non-hydrogen) atoms. The summed E-state index contributed by atoms with van der Waals surface area (Å²) in [6.45, 7) is 9.59. The Bertz CT molecular complexity index is 322. The van der Waals surface area contributed by atoms with Crippen LogP contribution >= 0.6 is 0 Å². The van der Waals surface area contributed by atoms with Gasteiger partial charge in [-0.15, -0.1) is 0 Å². The first-order valence-electron chi connectivity index (χ1n) is 6.40. The largest absolute Gasteiger partial charge is 0.383 e. The van der Waals surface area contributed by atoms with Gasteiger partial charge in [-0.25, -0.2) is 0 Å². The van der Waals surface area contributed by atoms with Crippen LogP contribution in [0, 0.1) is 5.41 Å². The van der Waals surface area contributed by atoms with Crippen LogP contribution in [0.5, 0.6) is 0 Å². The van der Waals surface area contributed by atoms with Gasteiger partial charge >= 0.3 is 0 Å². The lowest BCUT2D eigenvalue weighted by Gasteiger charge is -2.37. The molecule has 0 aliphatic carbocycles. The number of hydrogen-bond donors (Lipinski definition) is 3. The number of ether oxygens (including phenoxy) is 1. The van der Waals surface area contributed by atoms with Crippen molar-refractivity contribution in [3.63, 3.8) is 0 Å². The van der Waals surface area contributed by atoms with E-state index in [2.05, 4.69) is 10.6 Å². The molecular formula is C13H27N3O3. The monoisotopic (exact) mass is 273 g/mol. The second-order valence-corrected chi connectivity index (χ2v) is 5.83. The molecule has 4 N–H and O–H groups in total. The molecule has 0 bridgehead atoms. The van der Waals surface area contributed by atoms with Gasteiger partial charge in [0.05, 0.1) is 12.0 Å². The Kier molecular flexibility index (Phi) is 6.45. The maximum atomic E-state index is 12.2. The molecule has 6 nitrogen and oxygen atoms in total. The van der Waals surface area contributed by atoms with Gasteiger partial charge < -0.3 is 21.1 Å². The molecule has 0 saturated heterocycles. The van der Waals surface area contributed by atoms with Gasteiger partial charge in [0.15, 0.2) is 0 Å². The van der Waals surface area contributed by atoms with E-state index in [1.54, 1.807) is 41.7 Å². The minimum absolute atomic E-state index is 0.240. The van der Waals surface area contributed by atoms with Crippen LogP contribution in [0.3, 0.4) is 0 Å². The Morgan fingerprint density at radius 3 is 2.21 bits per heavy atom. The Hall–Kier alpha value is -1.14. The van der Waals surface area contributed by atoms with Crippen LogP contribution in [0.2, 0.25) is 0 Å². The third-order valence-electron chi connectivity index (χ3n) is 3.52. The zero-order chi connectivity index (χ0) is 15.3. The fourth-order valence-electron chi connectivity index (χ4n) is 1.16. The summed E-state index contributed by atoms with van der Waals surface area (Å²) >= 11 is 0. The van der Waals surface area contributed by atoms with Crippen LogP contribution in [0.1, 0.15) is 34.6 Å². The molecule has 0 aromatic rings. The third-order valence-corrected chi connectivity index (χ3v) is 3.52. The van der Waals surface area contributed by atoms with Crippen LogP contribution in [0.15, 0.2) is 0 Å². The lowest BCUT2D eigenvalue weighted by molar-refractivity contribution is -0.136. The summed E-state index contributed by atoms with van der Waals surface area (Å²) in [4.78, 5) is 23.9. The molecular weight excluding hydrogens is 246 g/mol. The lowest BCUT2D eigenvalue weighted by Crippen LogP contribution is -2.58. The summed E-state index contributed by atoms with van der Waals surface area (Å²) in [5, 5.41) is 5.35. The summed E-state index contributed by atoms with van der Waals surface area (Å²) in [5.74, 6) is -0.481.